The molecule has 98 valence electrons. The number of hydrogen-bond donors (Lipinski definition) is 3. The molecule has 2 aromatic rings. The summed E-state index contributed by atoms with van der Waals surface area (Å²) in [4.78, 5) is 10.7. The van der Waals surface area contributed by atoms with Gasteiger partial charge in [0.05, 0.1) is 0 Å². The fraction of sp³-hybridized carbons (Fsp3) is 0.0714. The molecule has 4 N–H and O–H groups in total. The fourth-order valence-electron chi connectivity index (χ4n) is 1.65. The third-order valence-electron chi connectivity index (χ3n) is 2.59. The molecule has 4 nitrogen and oxygen atoms in total. The van der Waals surface area contributed by atoms with Gasteiger partial charge >= 0.3 is 6.03 Å². The van der Waals surface area contributed by atoms with Crippen LogP contribution in [0.5, 0.6) is 0 Å². The van der Waals surface area contributed by atoms with E-state index in [0.29, 0.717) is 5.69 Å². The van der Waals surface area contributed by atoms with Crippen molar-refractivity contribution in [2.45, 2.75) is 6.54 Å². The fourth-order valence-corrected chi connectivity index (χ4v) is 2.08. The van der Waals surface area contributed by atoms with Crippen LogP contribution in [0.4, 0.5) is 16.2 Å². The highest BCUT2D eigenvalue weighted by atomic mass is 79.9. The zero-order valence-corrected chi connectivity index (χ0v) is 11.8. The van der Waals surface area contributed by atoms with Gasteiger partial charge in [0.2, 0.25) is 0 Å². The number of carbonyl (C=O) groups excluding carboxylic acids is 1. The van der Waals surface area contributed by atoms with Crippen molar-refractivity contribution in [1.29, 1.82) is 0 Å². The molecule has 0 saturated carbocycles. The van der Waals surface area contributed by atoms with Gasteiger partial charge in [-0.2, -0.15) is 0 Å². The molecule has 0 aliphatic carbocycles. The molecule has 0 aliphatic heterocycles. The van der Waals surface area contributed by atoms with Crippen molar-refractivity contribution in [2.24, 2.45) is 5.73 Å². The lowest BCUT2D eigenvalue weighted by molar-refractivity contribution is 0.259. The molecule has 0 atom stereocenters. The Morgan fingerprint density at radius 1 is 1.05 bits per heavy atom. The molecule has 0 heterocycles. The Labute approximate surface area is 120 Å². The molecule has 0 spiro atoms. The van der Waals surface area contributed by atoms with Crippen LogP contribution < -0.4 is 16.4 Å². The number of benzene rings is 2. The average molecular weight is 320 g/mol. The van der Waals surface area contributed by atoms with Gasteiger partial charge in [-0.1, -0.05) is 34.1 Å². The van der Waals surface area contributed by atoms with Gasteiger partial charge in [-0.25, -0.2) is 4.79 Å². The van der Waals surface area contributed by atoms with Crippen molar-refractivity contribution in [3.05, 3.63) is 58.6 Å². The molecule has 2 rings (SSSR count). The molecule has 19 heavy (non-hydrogen) atoms. The number of primary amides is 1. The quantitative estimate of drug-likeness (QED) is 0.806. The third kappa shape index (κ3) is 3.99. The number of anilines is 2. The van der Waals surface area contributed by atoms with E-state index in [-0.39, 0.29) is 0 Å². The van der Waals surface area contributed by atoms with E-state index in [1.54, 1.807) is 12.1 Å². The Morgan fingerprint density at radius 2 is 1.68 bits per heavy atom. The maximum absolute atomic E-state index is 10.7. The molecule has 0 aliphatic rings. The Bertz CT molecular complexity index is 569. The average Bonchev–Trinajstić information content (AvgIpc) is 2.39. The predicted octanol–water partition coefficient (Wildman–Crippen LogP) is 3.55. The van der Waals surface area contributed by atoms with Gasteiger partial charge < -0.3 is 16.4 Å². The van der Waals surface area contributed by atoms with Crippen LogP contribution in [0.3, 0.4) is 0 Å². The Morgan fingerprint density at radius 3 is 2.32 bits per heavy atom. The second-order valence-electron chi connectivity index (χ2n) is 4.01. The molecule has 2 aromatic carbocycles. The van der Waals surface area contributed by atoms with Gasteiger partial charge in [-0.15, -0.1) is 0 Å². The van der Waals surface area contributed by atoms with E-state index in [0.717, 1.165) is 16.7 Å². The van der Waals surface area contributed by atoms with Crippen LogP contribution in [0.25, 0.3) is 0 Å². The topological polar surface area (TPSA) is 67.2 Å². The lowest BCUT2D eigenvalue weighted by Gasteiger charge is -2.09. The van der Waals surface area contributed by atoms with Crippen LogP contribution >= 0.6 is 15.9 Å². The molecule has 0 radical (unpaired) electrons. The largest absolute Gasteiger partial charge is 0.381 e. The minimum atomic E-state index is -0.561. The number of nitrogens with two attached hydrogens (primary N) is 1. The second-order valence-corrected chi connectivity index (χ2v) is 4.87. The summed E-state index contributed by atoms with van der Waals surface area (Å²) < 4.78 is 1.08. The summed E-state index contributed by atoms with van der Waals surface area (Å²) in [6.07, 6.45) is 0. The summed E-state index contributed by atoms with van der Waals surface area (Å²) in [7, 11) is 0. The first kappa shape index (κ1) is 13.4. The highest BCUT2D eigenvalue weighted by Gasteiger charge is 1.99. The normalized spacial score (nSPS) is 9.95. The molecule has 0 bridgehead atoms. The molecule has 5 heteroatoms. The first-order chi connectivity index (χ1) is 9.15. The first-order valence-corrected chi connectivity index (χ1v) is 6.58. The van der Waals surface area contributed by atoms with E-state index in [1.165, 1.54) is 5.56 Å². The molecule has 0 saturated heterocycles. The molecule has 0 aromatic heterocycles. The molecule has 0 unspecified atom stereocenters. The number of halogens is 1. The van der Waals surface area contributed by atoms with Gasteiger partial charge in [-0.3, -0.25) is 0 Å². The smallest absolute Gasteiger partial charge is 0.316 e. The number of rotatable bonds is 4. The van der Waals surface area contributed by atoms with E-state index in [9.17, 15) is 4.79 Å². The van der Waals surface area contributed by atoms with E-state index in [4.69, 9.17) is 5.73 Å². The monoisotopic (exact) mass is 319 g/mol. The predicted molar refractivity (Wildman–Crippen MR) is 81.1 cm³/mol. The van der Waals surface area contributed by atoms with E-state index < -0.39 is 6.03 Å². The minimum Gasteiger partial charge on any atom is -0.381 e. The van der Waals surface area contributed by atoms with Gasteiger partial charge in [0, 0.05) is 22.4 Å². The third-order valence-corrected chi connectivity index (χ3v) is 3.37. The lowest BCUT2D eigenvalue weighted by Crippen LogP contribution is -2.19. The summed E-state index contributed by atoms with van der Waals surface area (Å²) in [5.41, 5.74) is 7.88. The van der Waals surface area contributed by atoms with Crippen molar-refractivity contribution in [3.63, 3.8) is 0 Å². The van der Waals surface area contributed by atoms with Crippen molar-refractivity contribution in [3.8, 4) is 0 Å². The number of nitrogens with one attached hydrogen (secondary N) is 2. The second kappa shape index (κ2) is 6.24. The summed E-state index contributed by atoms with van der Waals surface area (Å²) in [5, 5.41) is 5.83. The molecular formula is C14H14BrN3O. The summed E-state index contributed by atoms with van der Waals surface area (Å²) in [5.74, 6) is 0. The van der Waals surface area contributed by atoms with Gasteiger partial charge in [-0.05, 0) is 35.9 Å². The van der Waals surface area contributed by atoms with Crippen molar-refractivity contribution in [2.75, 3.05) is 10.6 Å². The molecule has 2 amide bonds. The van der Waals surface area contributed by atoms with E-state index in [1.807, 2.05) is 30.3 Å². The number of hydrogen-bond acceptors (Lipinski definition) is 2. The summed E-state index contributed by atoms with van der Waals surface area (Å²) in [6.45, 7) is 0.726. The van der Waals surface area contributed by atoms with Crippen molar-refractivity contribution < 1.29 is 4.79 Å². The Balaban J connectivity index is 1.97. The highest BCUT2D eigenvalue weighted by molar-refractivity contribution is 9.10. The van der Waals surface area contributed by atoms with Gasteiger partial charge in [0.25, 0.3) is 0 Å². The number of urea groups is 1. The first-order valence-electron chi connectivity index (χ1n) is 5.79. The van der Waals surface area contributed by atoms with Crippen LogP contribution in [-0.4, -0.2) is 6.03 Å². The maximum atomic E-state index is 10.7. The zero-order valence-electron chi connectivity index (χ0n) is 10.2. The van der Waals surface area contributed by atoms with Crippen LogP contribution in [0.2, 0.25) is 0 Å². The Kier molecular flexibility index (Phi) is 4.41. The highest BCUT2D eigenvalue weighted by Crippen LogP contribution is 2.18. The standard InChI is InChI=1S/C14H14BrN3O/c15-13-4-2-1-3-10(13)9-17-11-5-7-12(8-6-11)18-14(16)19/h1-8,17H,9H2,(H3,16,18,19). The van der Waals surface area contributed by atoms with Crippen LogP contribution in [0, 0.1) is 0 Å². The summed E-state index contributed by atoms with van der Waals surface area (Å²) in [6, 6.07) is 14.9. The number of carbonyl (C=O) groups is 1. The van der Waals surface area contributed by atoms with Crippen molar-refractivity contribution in [1.82, 2.24) is 0 Å². The molecule has 0 fully saturated rings. The summed E-state index contributed by atoms with van der Waals surface area (Å²) >= 11 is 3.51. The van der Waals surface area contributed by atoms with Crippen LogP contribution in [-0.2, 0) is 6.54 Å². The zero-order chi connectivity index (χ0) is 13.7. The minimum absolute atomic E-state index is 0.561. The van der Waals surface area contributed by atoms with Crippen molar-refractivity contribution >= 4 is 33.3 Å². The number of amides is 2. The lowest BCUT2D eigenvalue weighted by atomic mass is 10.2. The van der Waals surface area contributed by atoms with Gasteiger partial charge in [0.15, 0.2) is 0 Å². The Hall–Kier alpha value is -2.01. The SMILES string of the molecule is NC(=O)Nc1ccc(NCc2ccccc2Br)cc1. The van der Waals surface area contributed by atoms with Gasteiger partial charge in [0.1, 0.15) is 0 Å². The molecular weight excluding hydrogens is 306 g/mol. The van der Waals surface area contributed by atoms with Crippen LogP contribution in [0.15, 0.2) is 53.0 Å². The maximum Gasteiger partial charge on any atom is 0.316 e. The van der Waals surface area contributed by atoms with E-state index in [2.05, 4.69) is 32.6 Å². The van der Waals surface area contributed by atoms with Crippen LogP contribution in [0.1, 0.15) is 5.56 Å². The van der Waals surface area contributed by atoms with E-state index >= 15 is 0 Å².